The number of hydrogen-bond acceptors (Lipinski definition) is 4. The molecule has 0 unspecified atom stereocenters. The molecule has 0 aliphatic rings. The summed E-state index contributed by atoms with van der Waals surface area (Å²) in [6, 6.07) is 5.78. The van der Waals surface area contributed by atoms with Gasteiger partial charge in [0.2, 0.25) is 5.88 Å². The third-order valence-electron chi connectivity index (χ3n) is 3.07. The van der Waals surface area contributed by atoms with Crippen LogP contribution in [0, 0.1) is 0 Å². The number of carbonyl (C=O) groups excluding carboxylic acids is 1. The number of halogens is 1. The molecule has 21 heavy (non-hydrogen) atoms. The van der Waals surface area contributed by atoms with Crippen molar-refractivity contribution in [1.29, 1.82) is 0 Å². The molecule has 0 radical (unpaired) electrons. The molecule has 1 aromatic carbocycles. The average molecular weight is 356 g/mol. The molecule has 6 nitrogen and oxygen atoms in total. The van der Waals surface area contributed by atoms with Crippen molar-refractivity contribution in [2.45, 2.75) is 19.4 Å². The molecule has 2 N–H and O–H groups in total. The molecular formula is C14H18BrN3O3. The van der Waals surface area contributed by atoms with E-state index in [2.05, 4.69) is 26.3 Å². The maximum Gasteiger partial charge on any atom is 0.260 e. The van der Waals surface area contributed by atoms with Gasteiger partial charge >= 0.3 is 0 Å². The van der Waals surface area contributed by atoms with Crippen LogP contribution < -0.4 is 10.1 Å². The fourth-order valence-electron chi connectivity index (χ4n) is 1.95. The van der Waals surface area contributed by atoms with Gasteiger partial charge in [-0.3, -0.25) is 9.48 Å². The lowest BCUT2D eigenvalue weighted by atomic mass is 10.2. The zero-order valence-corrected chi connectivity index (χ0v) is 13.6. The largest absolute Gasteiger partial charge is 0.463 e. The molecule has 0 aliphatic carbocycles. The second kappa shape index (κ2) is 6.91. The molecule has 2 rings (SSSR count). The van der Waals surface area contributed by atoms with E-state index in [0.717, 1.165) is 15.4 Å². The van der Waals surface area contributed by atoms with Gasteiger partial charge in [-0.15, -0.1) is 5.10 Å². The van der Waals surface area contributed by atoms with E-state index in [0.29, 0.717) is 18.8 Å². The maximum atomic E-state index is 11.9. The fourth-order valence-corrected chi connectivity index (χ4v) is 2.31. The molecule has 1 heterocycles. The number of aliphatic hydroxyl groups excluding tert-OH is 1. The van der Waals surface area contributed by atoms with Crippen LogP contribution in [0.2, 0.25) is 0 Å². The number of aromatic nitrogens is 2. The molecule has 0 saturated heterocycles. The normalized spacial score (nSPS) is 12.4. The Labute approximate surface area is 131 Å². The van der Waals surface area contributed by atoms with Crippen LogP contribution in [0.5, 0.6) is 5.88 Å². The lowest BCUT2D eigenvalue weighted by Gasteiger charge is -2.12. The number of nitrogens with zero attached hydrogens (tertiary/aromatic N) is 2. The van der Waals surface area contributed by atoms with Gasteiger partial charge in [-0.25, -0.2) is 0 Å². The van der Waals surface area contributed by atoms with Gasteiger partial charge in [0, 0.05) is 24.7 Å². The number of nitrogens with one attached hydrogen (secondary N) is 1. The molecule has 7 heteroatoms. The van der Waals surface area contributed by atoms with E-state index in [-0.39, 0.29) is 12.5 Å². The Balaban J connectivity index is 2.12. The molecule has 0 fully saturated rings. The summed E-state index contributed by atoms with van der Waals surface area (Å²) in [5.74, 6) is 0.204. The first-order chi connectivity index (χ1) is 10.0. The summed E-state index contributed by atoms with van der Waals surface area (Å²) in [7, 11) is 1.83. The van der Waals surface area contributed by atoms with E-state index in [1.54, 1.807) is 11.6 Å². The van der Waals surface area contributed by atoms with Crippen molar-refractivity contribution in [3.63, 3.8) is 0 Å². The number of fused-ring (bicyclic) bond motifs is 1. The van der Waals surface area contributed by atoms with Crippen molar-refractivity contribution in [1.82, 2.24) is 15.1 Å². The molecule has 2 aromatic rings. The van der Waals surface area contributed by atoms with Crippen molar-refractivity contribution < 1.29 is 14.6 Å². The minimum Gasteiger partial charge on any atom is -0.463 e. The Hall–Kier alpha value is -1.60. The van der Waals surface area contributed by atoms with Gasteiger partial charge in [0.25, 0.3) is 5.91 Å². The fraction of sp³-hybridized carbons (Fsp3) is 0.429. The summed E-state index contributed by atoms with van der Waals surface area (Å²) >= 11 is 3.42. The highest BCUT2D eigenvalue weighted by atomic mass is 79.9. The van der Waals surface area contributed by atoms with Crippen molar-refractivity contribution in [2.75, 3.05) is 13.2 Å². The smallest absolute Gasteiger partial charge is 0.260 e. The Morgan fingerprint density at radius 2 is 2.33 bits per heavy atom. The van der Waals surface area contributed by atoms with Crippen LogP contribution in [0.3, 0.4) is 0 Å². The van der Waals surface area contributed by atoms with Gasteiger partial charge in [0.05, 0.1) is 10.9 Å². The van der Waals surface area contributed by atoms with E-state index < -0.39 is 6.10 Å². The van der Waals surface area contributed by atoms with Gasteiger partial charge in [0.15, 0.2) is 6.10 Å². The summed E-state index contributed by atoms with van der Waals surface area (Å²) in [5.41, 5.74) is 0.932. The van der Waals surface area contributed by atoms with Crippen LogP contribution in [0.25, 0.3) is 10.9 Å². The first kappa shape index (κ1) is 15.8. The number of aliphatic hydroxyl groups is 1. The number of carbonyl (C=O) groups is 1. The van der Waals surface area contributed by atoms with Crippen molar-refractivity contribution in [2.24, 2.45) is 7.05 Å². The Morgan fingerprint density at radius 1 is 1.57 bits per heavy atom. The third kappa shape index (κ3) is 3.74. The summed E-state index contributed by atoms with van der Waals surface area (Å²) in [6.45, 7) is 2.15. The van der Waals surface area contributed by atoms with Gasteiger partial charge in [-0.1, -0.05) is 15.9 Å². The lowest BCUT2D eigenvalue weighted by molar-refractivity contribution is -0.127. The van der Waals surface area contributed by atoms with E-state index in [9.17, 15) is 4.79 Å². The molecule has 114 valence electrons. The minimum absolute atomic E-state index is 0.0500. The van der Waals surface area contributed by atoms with Gasteiger partial charge in [0.1, 0.15) is 0 Å². The quantitative estimate of drug-likeness (QED) is 0.771. The zero-order valence-electron chi connectivity index (χ0n) is 12.0. The van der Waals surface area contributed by atoms with Crippen molar-refractivity contribution >= 4 is 32.7 Å². The zero-order chi connectivity index (χ0) is 15.4. The Kier molecular flexibility index (Phi) is 5.19. The number of ether oxygens (including phenoxy) is 1. The number of rotatable bonds is 6. The number of hydrogen-bond donors (Lipinski definition) is 2. The molecule has 0 spiro atoms. The molecule has 0 saturated carbocycles. The molecular weight excluding hydrogens is 338 g/mol. The number of benzene rings is 1. The molecule has 1 aromatic heterocycles. The second-order valence-corrected chi connectivity index (χ2v) is 5.63. The number of aryl methyl sites for hydroxylation is 1. The average Bonchev–Trinajstić information content (AvgIpc) is 2.75. The van der Waals surface area contributed by atoms with Gasteiger partial charge < -0.3 is 15.2 Å². The predicted molar refractivity (Wildman–Crippen MR) is 83.2 cm³/mol. The van der Waals surface area contributed by atoms with Crippen LogP contribution in [-0.4, -0.2) is 40.0 Å². The Morgan fingerprint density at radius 3 is 3.05 bits per heavy atom. The van der Waals surface area contributed by atoms with Gasteiger partial charge in [-0.2, -0.15) is 0 Å². The highest BCUT2D eigenvalue weighted by molar-refractivity contribution is 9.10. The second-order valence-electron chi connectivity index (χ2n) is 4.72. The van der Waals surface area contributed by atoms with E-state index >= 15 is 0 Å². The van der Waals surface area contributed by atoms with Crippen molar-refractivity contribution in [3.8, 4) is 5.88 Å². The lowest BCUT2D eigenvalue weighted by Crippen LogP contribution is -2.37. The summed E-state index contributed by atoms with van der Waals surface area (Å²) in [4.78, 5) is 11.9. The highest BCUT2D eigenvalue weighted by Gasteiger charge is 2.18. The third-order valence-corrected chi connectivity index (χ3v) is 3.56. The van der Waals surface area contributed by atoms with Crippen LogP contribution >= 0.6 is 15.9 Å². The van der Waals surface area contributed by atoms with Crippen LogP contribution in [0.15, 0.2) is 22.7 Å². The Bertz CT molecular complexity index is 642. The minimum atomic E-state index is -0.652. The molecule has 0 bridgehead atoms. The van der Waals surface area contributed by atoms with E-state index in [4.69, 9.17) is 9.84 Å². The standard InChI is InChI=1S/C14H18BrN3O3/c1-9(13(20)16-6-3-7-19)21-14-11-8-10(15)4-5-12(11)18(2)17-14/h4-5,8-9,19H,3,6-7H2,1-2H3,(H,16,20)/t9-/m1/s1. The molecule has 1 atom stereocenters. The summed E-state index contributed by atoms with van der Waals surface area (Å²) in [6.07, 6.45) is -0.126. The topological polar surface area (TPSA) is 76.4 Å². The molecule has 1 amide bonds. The van der Waals surface area contributed by atoms with Crippen LogP contribution in [0.1, 0.15) is 13.3 Å². The molecule has 0 aliphatic heterocycles. The van der Waals surface area contributed by atoms with Crippen LogP contribution in [-0.2, 0) is 11.8 Å². The summed E-state index contributed by atoms with van der Waals surface area (Å²) in [5, 5.41) is 16.6. The van der Waals surface area contributed by atoms with Crippen LogP contribution in [0.4, 0.5) is 0 Å². The predicted octanol–water partition coefficient (Wildman–Crippen LogP) is 1.60. The van der Waals surface area contributed by atoms with Gasteiger partial charge in [-0.05, 0) is 31.5 Å². The monoisotopic (exact) mass is 355 g/mol. The highest BCUT2D eigenvalue weighted by Crippen LogP contribution is 2.28. The van der Waals surface area contributed by atoms with E-state index in [1.807, 2.05) is 25.2 Å². The number of amides is 1. The SMILES string of the molecule is C[C@@H](Oc1nn(C)c2ccc(Br)cc12)C(=O)NCCCO. The first-order valence-corrected chi connectivity index (χ1v) is 7.49. The van der Waals surface area contributed by atoms with E-state index in [1.165, 1.54) is 0 Å². The maximum absolute atomic E-state index is 11.9. The van der Waals surface area contributed by atoms with Crippen molar-refractivity contribution in [3.05, 3.63) is 22.7 Å². The summed E-state index contributed by atoms with van der Waals surface area (Å²) < 4.78 is 8.31. The first-order valence-electron chi connectivity index (χ1n) is 6.70.